The van der Waals surface area contributed by atoms with Crippen molar-refractivity contribution >= 4 is 18.7 Å². The van der Waals surface area contributed by atoms with Gasteiger partial charge in [0.1, 0.15) is 11.6 Å². The summed E-state index contributed by atoms with van der Waals surface area (Å²) in [5.74, 6) is 0.891. The fourth-order valence-corrected chi connectivity index (χ4v) is 3.44. The Hall–Kier alpha value is -3.39. The zero-order chi connectivity index (χ0) is 21.1. The van der Waals surface area contributed by atoms with Crippen molar-refractivity contribution < 1.29 is 9.13 Å². The van der Waals surface area contributed by atoms with Crippen LogP contribution in [-0.4, -0.2) is 52.5 Å². The number of anilines is 1. The average molecular weight is 406 g/mol. The number of hydrogen-bond donors (Lipinski definition) is 0. The van der Waals surface area contributed by atoms with Gasteiger partial charge >= 0.3 is 0 Å². The lowest BCUT2D eigenvalue weighted by atomic mass is 10.2. The summed E-state index contributed by atoms with van der Waals surface area (Å²) >= 11 is 0. The number of nitrogens with zero attached hydrogens (tertiary/aromatic N) is 6. The topological polar surface area (TPSA) is 68.4 Å². The van der Waals surface area contributed by atoms with Crippen LogP contribution in [0, 0.1) is 19.7 Å². The number of aromatic nitrogens is 4. The van der Waals surface area contributed by atoms with Gasteiger partial charge in [-0.1, -0.05) is 6.07 Å². The third kappa shape index (κ3) is 3.86. The zero-order valence-electron chi connectivity index (χ0n) is 17.0. The molecule has 0 atom stereocenters. The van der Waals surface area contributed by atoms with Crippen LogP contribution in [0.4, 0.5) is 10.3 Å². The average Bonchev–Trinajstić information content (AvgIpc) is 3.09. The quantitative estimate of drug-likeness (QED) is 0.606. The van der Waals surface area contributed by atoms with Gasteiger partial charge in [-0.15, -0.1) is 0 Å². The maximum atomic E-state index is 14.8. The molecule has 0 amide bonds. The summed E-state index contributed by atoms with van der Waals surface area (Å²) < 4.78 is 22.0. The molecular formula is C22H23FN6O. The van der Waals surface area contributed by atoms with E-state index in [0.29, 0.717) is 41.9 Å². The van der Waals surface area contributed by atoms with E-state index < -0.39 is 0 Å². The number of halogens is 1. The number of aliphatic imine (C=N–C) groups is 1. The van der Waals surface area contributed by atoms with Crippen molar-refractivity contribution in [2.45, 2.75) is 13.8 Å². The maximum absolute atomic E-state index is 14.8. The van der Waals surface area contributed by atoms with Gasteiger partial charge in [0.15, 0.2) is 0 Å². The number of hydrogen-bond acceptors (Lipinski definition) is 6. The van der Waals surface area contributed by atoms with E-state index in [1.54, 1.807) is 35.3 Å². The number of imidazole rings is 1. The van der Waals surface area contributed by atoms with Crippen molar-refractivity contribution in [1.29, 1.82) is 0 Å². The van der Waals surface area contributed by atoms with Gasteiger partial charge in [0.2, 0.25) is 5.95 Å². The monoisotopic (exact) mass is 406 g/mol. The van der Waals surface area contributed by atoms with Crippen LogP contribution < -0.4 is 4.90 Å². The summed E-state index contributed by atoms with van der Waals surface area (Å²) in [5.41, 5.74) is 3.43. The van der Waals surface area contributed by atoms with Gasteiger partial charge < -0.3 is 9.64 Å². The zero-order valence-corrected chi connectivity index (χ0v) is 17.0. The molecule has 1 aromatic carbocycles. The Balaban J connectivity index is 1.80. The first kappa shape index (κ1) is 19.9. The van der Waals surface area contributed by atoms with Crippen molar-refractivity contribution in [1.82, 2.24) is 19.5 Å². The highest BCUT2D eigenvalue weighted by Gasteiger charge is 2.20. The van der Waals surface area contributed by atoms with Gasteiger partial charge in [-0.3, -0.25) is 9.56 Å². The van der Waals surface area contributed by atoms with Crippen LogP contribution in [0.5, 0.6) is 0 Å². The molecule has 2 aromatic heterocycles. The molecule has 3 aromatic rings. The molecule has 1 fully saturated rings. The standard InChI is InChI=1S/C22H23FN6O/c1-15-4-5-20(18(23)12-15)29-16(2)19(6-7-24-3)27-21(29)17-13-25-22(26-14-17)28-8-10-30-11-9-28/h4-7,12-14H,3,8-11H2,1-2H3/b7-6-. The van der Waals surface area contributed by atoms with E-state index in [1.165, 1.54) is 6.07 Å². The van der Waals surface area contributed by atoms with E-state index in [1.807, 2.05) is 19.9 Å². The molecule has 0 radical (unpaired) electrons. The molecule has 0 aliphatic carbocycles. The Morgan fingerprint density at radius 3 is 2.57 bits per heavy atom. The van der Waals surface area contributed by atoms with E-state index in [2.05, 4.69) is 26.6 Å². The van der Waals surface area contributed by atoms with Crippen molar-refractivity contribution in [2.24, 2.45) is 4.99 Å². The van der Waals surface area contributed by atoms with Crippen LogP contribution >= 0.6 is 0 Å². The smallest absolute Gasteiger partial charge is 0.225 e. The first-order valence-electron chi connectivity index (χ1n) is 9.72. The van der Waals surface area contributed by atoms with Crippen molar-refractivity contribution in [2.75, 3.05) is 31.2 Å². The number of benzene rings is 1. The second-order valence-electron chi connectivity index (χ2n) is 7.07. The molecule has 1 aliphatic rings. The van der Waals surface area contributed by atoms with Crippen LogP contribution in [0.1, 0.15) is 17.0 Å². The molecule has 0 spiro atoms. The number of aryl methyl sites for hydroxylation is 1. The number of morpholine rings is 1. The highest BCUT2D eigenvalue weighted by molar-refractivity contribution is 5.64. The summed E-state index contributed by atoms with van der Waals surface area (Å²) in [6, 6.07) is 5.14. The van der Waals surface area contributed by atoms with Crippen molar-refractivity contribution in [3.05, 3.63) is 59.6 Å². The predicted molar refractivity (Wildman–Crippen MR) is 116 cm³/mol. The minimum Gasteiger partial charge on any atom is -0.378 e. The number of rotatable bonds is 5. The Bertz CT molecular complexity index is 1080. The van der Waals surface area contributed by atoms with Crippen LogP contribution in [0.25, 0.3) is 23.2 Å². The molecule has 0 unspecified atom stereocenters. The normalized spacial score (nSPS) is 14.4. The molecule has 0 N–H and O–H groups in total. The fraction of sp³-hybridized carbons (Fsp3) is 0.273. The summed E-state index contributed by atoms with van der Waals surface area (Å²) in [5, 5.41) is 0. The first-order chi connectivity index (χ1) is 14.6. The predicted octanol–water partition coefficient (Wildman–Crippen LogP) is 3.59. The SMILES string of the molecule is C=N/C=C\c1nc(-c2cnc(N3CCOCC3)nc2)n(-c2ccc(C)cc2F)c1C. The van der Waals surface area contributed by atoms with Crippen molar-refractivity contribution in [3.63, 3.8) is 0 Å². The molecule has 7 nitrogen and oxygen atoms in total. The molecule has 0 bridgehead atoms. The Labute approximate surface area is 174 Å². The van der Waals surface area contributed by atoms with Gasteiger partial charge in [0.05, 0.1) is 30.2 Å². The minimum absolute atomic E-state index is 0.319. The molecule has 4 rings (SSSR count). The lowest BCUT2D eigenvalue weighted by Crippen LogP contribution is -2.37. The molecule has 3 heterocycles. The van der Waals surface area contributed by atoms with Gasteiger partial charge in [-0.05, 0) is 44.3 Å². The largest absolute Gasteiger partial charge is 0.378 e. The molecule has 0 saturated carbocycles. The summed E-state index contributed by atoms with van der Waals surface area (Å²) in [6.07, 6.45) is 6.76. The summed E-state index contributed by atoms with van der Waals surface area (Å²) in [7, 11) is 0. The molecule has 154 valence electrons. The lowest BCUT2D eigenvalue weighted by molar-refractivity contribution is 0.122. The van der Waals surface area contributed by atoms with Crippen LogP contribution in [-0.2, 0) is 4.74 Å². The van der Waals surface area contributed by atoms with Gasteiger partial charge in [0, 0.05) is 37.4 Å². The van der Waals surface area contributed by atoms with Gasteiger partial charge in [-0.2, -0.15) is 0 Å². The molecular weight excluding hydrogens is 383 g/mol. The molecule has 1 saturated heterocycles. The van der Waals surface area contributed by atoms with Gasteiger partial charge in [0.25, 0.3) is 0 Å². The second kappa shape index (κ2) is 8.54. The molecule has 30 heavy (non-hydrogen) atoms. The van der Waals surface area contributed by atoms with E-state index in [0.717, 1.165) is 24.3 Å². The first-order valence-corrected chi connectivity index (χ1v) is 9.72. The fourth-order valence-electron chi connectivity index (χ4n) is 3.44. The van der Waals surface area contributed by atoms with Crippen LogP contribution in [0.2, 0.25) is 0 Å². The second-order valence-corrected chi connectivity index (χ2v) is 7.07. The highest BCUT2D eigenvalue weighted by Crippen LogP contribution is 2.28. The highest BCUT2D eigenvalue weighted by atomic mass is 19.1. The van der Waals surface area contributed by atoms with E-state index >= 15 is 0 Å². The summed E-state index contributed by atoms with van der Waals surface area (Å²) in [6.45, 7) is 10.0. The Kier molecular flexibility index (Phi) is 5.67. The maximum Gasteiger partial charge on any atom is 0.225 e. The van der Waals surface area contributed by atoms with Crippen molar-refractivity contribution in [3.8, 4) is 17.1 Å². The summed E-state index contributed by atoms with van der Waals surface area (Å²) in [4.78, 5) is 19.6. The Morgan fingerprint density at radius 2 is 1.90 bits per heavy atom. The minimum atomic E-state index is -0.319. The molecule has 1 aliphatic heterocycles. The third-order valence-corrected chi connectivity index (χ3v) is 5.02. The van der Waals surface area contributed by atoms with E-state index in [-0.39, 0.29) is 5.82 Å². The van der Waals surface area contributed by atoms with Crippen LogP contribution in [0.15, 0.2) is 41.8 Å². The van der Waals surface area contributed by atoms with E-state index in [9.17, 15) is 4.39 Å². The Morgan fingerprint density at radius 1 is 1.17 bits per heavy atom. The van der Waals surface area contributed by atoms with Gasteiger partial charge in [-0.25, -0.2) is 19.3 Å². The van der Waals surface area contributed by atoms with Crippen LogP contribution in [0.3, 0.4) is 0 Å². The number of ether oxygens (including phenoxy) is 1. The molecule has 8 heteroatoms. The third-order valence-electron chi connectivity index (χ3n) is 5.02. The van der Waals surface area contributed by atoms with E-state index in [4.69, 9.17) is 9.72 Å². The lowest BCUT2D eigenvalue weighted by Gasteiger charge is -2.26.